The number of thiazole rings is 1. The molecule has 8 heteroatoms. The molecule has 5 nitrogen and oxygen atoms in total. The predicted octanol–water partition coefficient (Wildman–Crippen LogP) is 5.01. The highest BCUT2D eigenvalue weighted by molar-refractivity contribution is 7.80. The maximum atomic E-state index is 11.2. The Bertz CT molecular complexity index is 990. The van der Waals surface area contributed by atoms with Gasteiger partial charge in [0, 0.05) is 10.7 Å². The largest absolute Gasteiger partial charge is 0.481 e. The average molecular weight is 420 g/mol. The van der Waals surface area contributed by atoms with Crippen LogP contribution in [0.4, 0.5) is 5.69 Å². The Balaban J connectivity index is 1.74. The van der Waals surface area contributed by atoms with Gasteiger partial charge in [-0.15, -0.1) is 11.3 Å². The summed E-state index contributed by atoms with van der Waals surface area (Å²) in [6.45, 7) is 2.08. The molecule has 0 radical (unpaired) electrons. The minimum atomic E-state index is -0.923. The van der Waals surface area contributed by atoms with Gasteiger partial charge in [0.1, 0.15) is 0 Å². The van der Waals surface area contributed by atoms with Gasteiger partial charge in [-0.3, -0.25) is 4.79 Å². The summed E-state index contributed by atoms with van der Waals surface area (Å²) >= 11 is 13.1. The number of nitrogens with zero attached hydrogens (tertiary/aromatic N) is 1. The Morgan fingerprint density at radius 1 is 1.33 bits per heavy atom. The van der Waals surface area contributed by atoms with Gasteiger partial charge < -0.3 is 15.7 Å². The third-order valence-electron chi connectivity index (χ3n) is 3.93. The van der Waals surface area contributed by atoms with Crippen LogP contribution in [0.25, 0.3) is 10.2 Å². The van der Waals surface area contributed by atoms with E-state index in [-0.39, 0.29) is 6.42 Å². The van der Waals surface area contributed by atoms with Crippen LogP contribution in [0.1, 0.15) is 30.0 Å². The number of aliphatic carboxylic acids is 1. The Labute approximate surface area is 171 Å². The van der Waals surface area contributed by atoms with Crippen LogP contribution in [0.2, 0.25) is 5.02 Å². The fraction of sp³-hybridized carbons (Fsp3) is 0.211. The fourth-order valence-corrected chi connectivity index (χ4v) is 4.08. The van der Waals surface area contributed by atoms with E-state index in [0.29, 0.717) is 10.1 Å². The third-order valence-corrected chi connectivity index (χ3v) is 5.55. The van der Waals surface area contributed by atoms with Crippen molar-refractivity contribution >= 4 is 62.1 Å². The number of nitrogens with one attached hydrogen (secondary N) is 2. The molecule has 0 aliphatic carbocycles. The molecule has 140 valence electrons. The average Bonchev–Trinajstić information content (AvgIpc) is 3.03. The number of hydrogen-bond donors (Lipinski definition) is 3. The predicted molar refractivity (Wildman–Crippen MR) is 115 cm³/mol. The number of anilines is 1. The zero-order valence-corrected chi connectivity index (χ0v) is 16.9. The first kappa shape index (κ1) is 19.5. The Hall–Kier alpha value is -2.22. The van der Waals surface area contributed by atoms with Crippen molar-refractivity contribution in [3.63, 3.8) is 0 Å². The summed E-state index contributed by atoms with van der Waals surface area (Å²) in [5.41, 5.74) is 2.55. The van der Waals surface area contributed by atoms with Crippen molar-refractivity contribution < 1.29 is 9.90 Å². The van der Waals surface area contributed by atoms with Gasteiger partial charge in [0.25, 0.3) is 0 Å². The summed E-state index contributed by atoms with van der Waals surface area (Å²) in [5, 5.41) is 17.4. The van der Waals surface area contributed by atoms with E-state index in [0.717, 1.165) is 32.9 Å². The first-order chi connectivity index (χ1) is 12.9. The van der Waals surface area contributed by atoms with Gasteiger partial charge in [-0.1, -0.05) is 30.7 Å². The molecule has 3 N–H and O–H groups in total. The van der Waals surface area contributed by atoms with E-state index < -0.39 is 12.0 Å². The highest BCUT2D eigenvalue weighted by Gasteiger charge is 2.17. The first-order valence-corrected chi connectivity index (χ1v) is 9.99. The number of thiocarbonyl (C=S) groups is 1. The standard InChI is InChI=1S/C19H18ClN3O2S2/c1-2-17-22-14-7-6-13(9-16(14)27-17)21-19(26)23-15(10-18(24)25)11-4-3-5-12(20)8-11/h3-9,15H,2,10H2,1H3,(H,24,25)(H2,21,23,26)/t15-/m1/s1. The lowest BCUT2D eigenvalue weighted by Gasteiger charge is -2.20. The number of fused-ring (bicyclic) bond motifs is 1. The van der Waals surface area contributed by atoms with Gasteiger partial charge in [0.15, 0.2) is 5.11 Å². The minimum Gasteiger partial charge on any atom is -0.481 e. The van der Waals surface area contributed by atoms with E-state index in [1.165, 1.54) is 0 Å². The van der Waals surface area contributed by atoms with Crippen molar-refractivity contribution in [1.29, 1.82) is 0 Å². The van der Waals surface area contributed by atoms with Crippen molar-refractivity contribution in [2.24, 2.45) is 0 Å². The van der Waals surface area contributed by atoms with Gasteiger partial charge in [-0.2, -0.15) is 0 Å². The molecule has 1 aromatic heterocycles. The van der Waals surface area contributed by atoms with Crippen LogP contribution in [0.3, 0.4) is 0 Å². The quantitative estimate of drug-likeness (QED) is 0.487. The number of carboxylic acid groups (broad SMARTS) is 1. The van der Waals surface area contributed by atoms with E-state index in [4.69, 9.17) is 23.8 Å². The Morgan fingerprint density at radius 3 is 2.85 bits per heavy atom. The third kappa shape index (κ3) is 5.15. The summed E-state index contributed by atoms with van der Waals surface area (Å²) in [7, 11) is 0. The van der Waals surface area contributed by atoms with Gasteiger partial charge in [-0.25, -0.2) is 4.98 Å². The van der Waals surface area contributed by atoms with Crippen LogP contribution in [0, 0.1) is 0 Å². The summed E-state index contributed by atoms with van der Waals surface area (Å²) in [6, 6.07) is 12.4. The molecule has 0 saturated heterocycles. The summed E-state index contributed by atoms with van der Waals surface area (Å²) in [6.07, 6.45) is 0.786. The van der Waals surface area contributed by atoms with E-state index in [9.17, 15) is 9.90 Å². The zero-order chi connectivity index (χ0) is 19.4. The molecule has 0 spiro atoms. The number of aromatic nitrogens is 1. The lowest BCUT2D eigenvalue weighted by atomic mass is 10.0. The number of rotatable bonds is 6. The van der Waals surface area contributed by atoms with Gasteiger partial charge in [0.05, 0.1) is 27.7 Å². The monoisotopic (exact) mass is 419 g/mol. The highest BCUT2D eigenvalue weighted by atomic mass is 35.5. The van der Waals surface area contributed by atoms with Crippen LogP contribution in [0.5, 0.6) is 0 Å². The molecular weight excluding hydrogens is 402 g/mol. The highest BCUT2D eigenvalue weighted by Crippen LogP contribution is 2.26. The lowest BCUT2D eigenvalue weighted by Crippen LogP contribution is -2.33. The molecule has 1 atom stereocenters. The molecule has 0 amide bonds. The second-order valence-electron chi connectivity index (χ2n) is 5.95. The van der Waals surface area contributed by atoms with Crippen LogP contribution in [-0.4, -0.2) is 21.2 Å². The smallest absolute Gasteiger partial charge is 0.305 e. The lowest BCUT2D eigenvalue weighted by molar-refractivity contribution is -0.137. The molecule has 0 fully saturated rings. The minimum absolute atomic E-state index is 0.115. The maximum Gasteiger partial charge on any atom is 0.305 e. The second kappa shape index (κ2) is 8.65. The molecular formula is C19H18ClN3O2S2. The normalized spacial score (nSPS) is 11.9. The molecule has 27 heavy (non-hydrogen) atoms. The molecule has 0 aliphatic rings. The van der Waals surface area contributed by atoms with Crippen LogP contribution in [-0.2, 0) is 11.2 Å². The van der Waals surface area contributed by atoms with Crippen LogP contribution < -0.4 is 10.6 Å². The van der Waals surface area contributed by atoms with Crippen molar-refractivity contribution in [1.82, 2.24) is 10.3 Å². The van der Waals surface area contributed by atoms with Crippen LogP contribution in [0.15, 0.2) is 42.5 Å². The number of aryl methyl sites for hydroxylation is 1. The molecule has 0 aliphatic heterocycles. The molecule has 3 rings (SSSR count). The zero-order valence-electron chi connectivity index (χ0n) is 14.5. The van der Waals surface area contributed by atoms with Gasteiger partial charge in [-0.05, 0) is 54.5 Å². The van der Waals surface area contributed by atoms with E-state index in [1.807, 2.05) is 24.3 Å². The summed E-state index contributed by atoms with van der Waals surface area (Å²) in [4.78, 5) is 15.8. The number of carbonyl (C=O) groups is 1. The first-order valence-electron chi connectivity index (χ1n) is 8.39. The summed E-state index contributed by atoms with van der Waals surface area (Å²) < 4.78 is 1.08. The second-order valence-corrected chi connectivity index (χ2v) is 7.91. The molecule has 0 bridgehead atoms. The molecule has 0 saturated carbocycles. The van der Waals surface area contributed by atoms with E-state index in [1.54, 1.807) is 29.5 Å². The van der Waals surface area contributed by atoms with E-state index >= 15 is 0 Å². The summed E-state index contributed by atoms with van der Waals surface area (Å²) in [5.74, 6) is -0.923. The number of carboxylic acids is 1. The number of benzene rings is 2. The molecule has 2 aromatic carbocycles. The van der Waals surface area contributed by atoms with Crippen molar-refractivity contribution in [3.05, 3.63) is 58.1 Å². The van der Waals surface area contributed by atoms with Gasteiger partial charge in [0.2, 0.25) is 0 Å². The van der Waals surface area contributed by atoms with E-state index in [2.05, 4.69) is 22.5 Å². The SMILES string of the molecule is CCc1nc2ccc(NC(=S)N[C@H](CC(=O)O)c3cccc(Cl)c3)cc2s1. The fourth-order valence-electron chi connectivity index (χ4n) is 2.68. The van der Waals surface area contributed by atoms with Crippen molar-refractivity contribution in [2.45, 2.75) is 25.8 Å². The molecule has 1 heterocycles. The Morgan fingerprint density at radius 2 is 2.15 bits per heavy atom. The van der Waals surface area contributed by atoms with Crippen molar-refractivity contribution in [2.75, 3.05) is 5.32 Å². The van der Waals surface area contributed by atoms with Crippen molar-refractivity contribution in [3.8, 4) is 0 Å². The Kier molecular flexibility index (Phi) is 6.26. The topological polar surface area (TPSA) is 74.2 Å². The van der Waals surface area contributed by atoms with Gasteiger partial charge >= 0.3 is 5.97 Å². The molecule has 0 unspecified atom stereocenters. The number of halogens is 1. The number of hydrogen-bond acceptors (Lipinski definition) is 4. The molecule has 3 aromatic rings. The van der Waals surface area contributed by atoms with Crippen LogP contribution >= 0.6 is 35.2 Å². The maximum absolute atomic E-state index is 11.2.